The molecule has 0 spiro atoms. The molecule has 0 saturated carbocycles. The van der Waals surface area contributed by atoms with Crippen LogP contribution in [0.2, 0.25) is 0 Å². The third kappa shape index (κ3) is 6.24. The SMILES string of the molecule is CCCCCCCC(NCCC)c1ccccc1C. The summed E-state index contributed by atoms with van der Waals surface area (Å²) in [6.07, 6.45) is 9.31. The fourth-order valence-corrected chi connectivity index (χ4v) is 2.62. The van der Waals surface area contributed by atoms with Gasteiger partial charge in [0.15, 0.2) is 0 Å². The molecule has 0 fully saturated rings. The van der Waals surface area contributed by atoms with Gasteiger partial charge in [-0.15, -0.1) is 0 Å². The van der Waals surface area contributed by atoms with E-state index in [0.29, 0.717) is 6.04 Å². The van der Waals surface area contributed by atoms with Crippen LogP contribution in [-0.4, -0.2) is 6.54 Å². The summed E-state index contributed by atoms with van der Waals surface area (Å²) < 4.78 is 0. The van der Waals surface area contributed by atoms with Crippen molar-refractivity contribution < 1.29 is 0 Å². The molecule has 0 saturated heterocycles. The third-order valence-electron chi connectivity index (χ3n) is 3.80. The molecule has 0 heterocycles. The van der Waals surface area contributed by atoms with Gasteiger partial charge >= 0.3 is 0 Å². The Kier molecular flexibility index (Phi) is 8.57. The van der Waals surface area contributed by atoms with Gasteiger partial charge in [0.1, 0.15) is 0 Å². The second-order valence-corrected chi connectivity index (χ2v) is 5.57. The highest BCUT2D eigenvalue weighted by Crippen LogP contribution is 2.23. The molecule has 1 heteroatoms. The molecular formula is C18H31N. The Morgan fingerprint density at radius 1 is 0.947 bits per heavy atom. The fraction of sp³-hybridized carbons (Fsp3) is 0.667. The second-order valence-electron chi connectivity index (χ2n) is 5.57. The number of hydrogen-bond acceptors (Lipinski definition) is 1. The van der Waals surface area contributed by atoms with Crippen LogP contribution in [-0.2, 0) is 0 Å². The van der Waals surface area contributed by atoms with Gasteiger partial charge in [-0.3, -0.25) is 0 Å². The minimum Gasteiger partial charge on any atom is -0.310 e. The summed E-state index contributed by atoms with van der Waals surface area (Å²) in [4.78, 5) is 0. The van der Waals surface area contributed by atoms with Gasteiger partial charge in [0.25, 0.3) is 0 Å². The van der Waals surface area contributed by atoms with Crippen molar-refractivity contribution in [1.29, 1.82) is 0 Å². The molecule has 1 aromatic rings. The molecule has 0 radical (unpaired) electrons. The number of hydrogen-bond donors (Lipinski definition) is 1. The highest BCUT2D eigenvalue weighted by atomic mass is 14.9. The van der Waals surface area contributed by atoms with Crippen LogP contribution < -0.4 is 5.32 Å². The van der Waals surface area contributed by atoms with Crippen molar-refractivity contribution in [3.8, 4) is 0 Å². The Morgan fingerprint density at radius 2 is 1.68 bits per heavy atom. The minimum absolute atomic E-state index is 0.544. The maximum absolute atomic E-state index is 3.72. The van der Waals surface area contributed by atoms with Gasteiger partial charge in [0.2, 0.25) is 0 Å². The van der Waals surface area contributed by atoms with Gasteiger partial charge in [0, 0.05) is 6.04 Å². The zero-order valence-electron chi connectivity index (χ0n) is 13.0. The van der Waals surface area contributed by atoms with Gasteiger partial charge in [0.05, 0.1) is 0 Å². The Labute approximate surface area is 119 Å². The van der Waals surface area contributed by atoms with Crippen molar-refractivity contribution >= 4 is 0 Å². The Bertz CT molecular complexity index is 332. The summed E-state index contributed by atoms with van der Waals surface area (Å²) in [5.41, 5.74) is 2.91. The van der Waals surface area contributed by atoms with Crippen molar-refractivity contribution in [3.63, 3.8) is 0 Å². The topological polar surface area (TPSA) is 12.0 Å². The zero-order valence-corrected chi connectivity index (χ0v) is 13.0. The summed E-state index contributed by atoms with van der Waals surface area (Å²) in [6.45, 7) is 7.86. The molecule has 108 valence electrons. The van der Waals surface area contributed by atoms with E-state index in [2.05, 4.69) is 50.4 Å². The molecule has 1 atom stereocenters. The molecule has 1 unspecified atom stereocenters. The third-order valence-corrected chi connectivity index (χ3v) is 3.80. The first-order valence-corrected chi connectivity index (χ1v) is 8.08. The van der Waals surface area contributed by atoms with E-state index >= 15 is 0 Å². The van der Waals surface area contributed by atoms with Crippen LogP contribution in [0.1, 0.15) is 76.0 Å². The highest BCUT2D eigenvalue weighted by Gasteiger charge is 2.11. The summed E-state index contributed by atoms with van der Waals surface area (Å²) in [6, 6.07) is 9.36. The lowest BCUT2D eigenvalue weighted by molar-refractivity contribution is 0.466. The van der Waals surface area contributed by atoms with E-state index in [9.17, 15) is 0 Å². The van der Waals surface area contributed by atoms with Crippen LogP contribution >= 0.6 is 0 Å². The average Bonchev–Trinajstić information content (AvgIpc) is 2.43. The normalized spacial score (nSPS) is 12.6. The average molecular weight is 261 g/mol. The zero-order chi connectivity index (χ0) is 13.9. The van der Waals surface area contributed by atoms with Crippen molar-refractivity contribution in [2.75, 3.05) is 6.54 Å². The number of rotatable bonds is 10. The molecule has 0 bridgehead atoms. The molecule has 0 aliphatic carbocycles. The van der Waals surface area contributed by atoms with E-state index in [1.807, 2.05) is 0 Å². The summed E-state index contributed by atoms with van der Waals surface area (Å²) in [7, 11) is 0. The smallest absolute Gasteiger partial charge is 0.0322 e. The maximum atomic E-state index is 3.72. The molecular weight excluding hydrogens is 230 g/mol. The van der Waals surface area contributed by atoms with Gasteiger partial charge in [-0.25, -0.2) is 0 Å². The van der Waals surface area contributed by atoms with Crippen LogP contribution in [0.5, 0.6) is 0 Å². The monoisotopic (exact) mass is 261 g/mol. The van der Waals surface area contributed by atoms with E-state index in [1.165, 1.54) is 56.1 Å². The van der Waals surface area contributed by atoms with Gasteiger partial charge in [-0.1, -0.05) is 70.2 Å². The summed E-state index contributed by atoms with van der Waals surface area (Å²) in [5.74, 6) is 0. The second kappa shape index (κ2) is 10.0. The molecule has 0 aliphatic rings. The Balaban J connectivity index is 2.49. The van der Waals surface area contributed by atoms with Crippen molar-refractivity contribution in [2.24, 2.45) is 0 Å². The number of aryl methyl sites for hydroxylation is 1. The Morgan fingerprint density at radius 3 is 2.37 bits per heavy atom. The molecule has 19 heavy (non-hydrogen) atoms. The van der Waals surface area contributed by atoms with Crippen LogP contribution in [0.25, 0.3) is 0 Å². The molecule has 1 N–H and O–H groups in total. The molecule has 1 rings (SSSR count). The molecule has 0 aliphatic heterocycles. The highest BCUT2D eigenvalue weighted by molar-refractivity contribution is 5.28. The summed E-state index contributed by atoms with van der Waals surface area (Å²) in [5, 5.41) is 3.72. The first-order valence-electron chi connectivity index (χ1n) is 8.08. The number of benzene rings is 1. The van der Waals surface area contributed by atoms with Crippen molar-refractivity contribution in [3.05, 3.63) is 35.4 Å². The minimum atomic E-state index is 0.544. The fourth-order valence-electron chi connectivity index (χ4n) is 2.62. The van der Waals surface area contributed by atoms with Crippen molar-refractivity contribution in [1.82, 2.24) is 5.32 Å². The van der Waals surface area contributed by atoms with E-state index in [0.717, 1.165) is 6.54 Å². The molecule has 0 amide bonds. The Hall–Kier alpha value is -0.820. The van der Waals surface area contributed by atoms with Crippen molar-refractivity contribution in [2.45, 2.75) is 71.8 Å². The molecule has 1 aromatic carbocycles. The number of nitrogens with one attached hydrogen (secondary N) is 1. The predicted molar refractivity (Wildman–Crippen MR) is 85.6 cm³/mol. The van der Waals surface area contributed by atoms with Crippen LogP contribution in [0.4, 0.5) is 0 Å². The van der Waals surface area contributed by atoms with E-state index in [-0.39, 0.29) is 0 Å². The van der Waals surface area contributed by atoms with Gasteiger partial charge in [-0.05, 0) is 37.4 Å². The lowest BCUT2D eigenvalue weighted by Crippen LogP contribution is -2.22. The van der Waals surface area contributed by atoms with Gasteiger partial charge in [-0.2, -0.15) is 0 Å². The quantitative estimate of drug-likeness (QED) is 0.556. The van der Waals surface area contributed by atoms with Crippen LogP contribution in [0.3, 0.4) is 0 Å². The standard InChI is InChI=1S/C18H31N/c1-4-6-7-8-9-14-18(19-15-5-2)17-13-11-10-12-16(17)3/h10-13,18-19H,4-9,14-15H2,1-3H3. The van der Waals surface area contributed by atoms with Crippen LogP contribution in [0.15, 0.2) is 24.3 Å². The lowest BCUT2D eigenvalue weighted by atomic mass is 9.96. The van der Waals surface area contributed by atoms with E-state index in [1.54, 1.807) is 0 Å². The van der Waals surface area contributed by atoms with E-state index in [4.69, 9.17) is 0 Å². The van der Waals surface area contributed by atoms with E-state index < -0.39 is 0 Å². The van der Waals surface area contributed by atoms with Crippen LogP contribution in [0, 0.1) is 6.92 Å². The van der Waals surface area contributed by atoms with Gasteiger partial charge < -0.3 is 5.32 Å². The first kappa shape index (κ1) is 16.2. The molecule has 0 aromatic heterocycles. The largest absolute Gasteiger partial charge is 0.310 e. The lowest BCUT2D eigenvalue weighted by Gasteiger charge is -2.21. The number of unbranched alkanes of at least 4 members (excludes halogenated alkanes) is 4. The first-order chi connectivity index (χ1) is 9.29. The summed E-state index contributed by atoms with van der Waals surface area (Å²) >= 11 is 0. The maximum Gasteiger partial charge on any atom is 0.0322 e. The predicted octanol–water partition coefficient (Wildman–Crippen LogP) is 5.40. The molecule has 1 nitrogen and oxygen atoms in total.